The molecule has 5 heteroatoms. The molecule has 0 unspecified atom stereocenters. The summed E-state index contributed by atoms with van der Waals surface area (Å²) in [5.41, 5.74) is 7.92. The van der Waals surface area contributed by atoms with Crippen molar-refractivity contribution in [1.29, 1.82) is 5.41 Å². The van der Waals surface area contributed by atoms with Crippen molar-refractivity contribution in [1.82, 2.24) is 4.98 Å². The zero-order chi connectivity index (χ0) is 11.9. The summed E-state index contributed by atoms with van der Waals surface area (Å²) in [6, 6.07) is 3.76. The average molecular weight is 233 g/mol. The summed E-state index contributed by atoms with van der Waals surface area (Å²) in [6.07, 6.45) is 2.84. The van der Waals surface area contributed by atoms with Crippen molar-refractivity contribution < 1.29 is 9.47 Å². The largest absolute Gasteiger partial charge is 0.382 e. The Kier molecular flexibility index (Phi) is 2.38. The van der Waals surface area contributed by atoms with Crippen molar-refractivity contribution in [2.24, 2.45) is 5.73 Å². The van der Waals surface area contributed by atoms with Crippen molar-refractivity contribution in [2.45, 2.75) is 25.0 Å². The highest BCUT2D eigenvalue weighted by atomic mass is 16.7. The zero-order valence-electron chi connectivity index (χ0n) is 9.53. The predicted octanol–water partition coefficient (Wildman–Crippen LogP) is 0.902. The summed E-state index contributed by atoms with van der Waals surface area (Å²) < 4.78 is 11.5. The number of aryl methyl sites for hydroxylation is 1. The minimum absolute atomic E-state index is 0.0217. The van der Waals surface area contributed by atoms with E-state index in [-0.39, 0.29) is 5.84 Å². The first kappa shape index (κ1) is 10.7. The topological polar surface area (TPSA) is 81.2 Å². The van der Waals surface area contributed by atoms with Crippen LogP contribution in [0, 0.1) is 5.41 Å². The monoisotopic (exact) mass is 233 g/mol. The summed E-state index contributed by atoms with van der Waals surface area (Å²) in [6.45, 7) is 1.21. The molecule has 0 amide bonds. The molecule has 1 aromatic rings. The quantitative estimate of drug-likeness (QED) is 0.558. The van der Waals surface area contributed by atoms with Crippen LogP contribution in [-0.2, 0) is 21.7 Å². The Hall–Kier alpha value is -1.46. The van der Waals surface area contributed by atoms with Gasteiger partial charge in [0.1, 0.15) is 17.2 Å². The van der Waals surface area contributed by atoms with E-state index in [1.54, 1.807) is 6.07 Å². The second kappa shape index (κ2) is 3.78. The van der Waals surface area contributed by atoms with E-state index in [1.165, 1.54) is 0 Å². The second-order valence-electron chi connectivity index (χ2n) is 4.42. The number of hydrogen-bond acceptors (Lipinski definition) is 4. The highest BCUT2D eigenvalue weighted by Gasteiger charge is 2.43. The van der Waals surface area contributed by atoms with Crippen LogP contribution in [0.1, 0.15) is 29.8 Å². The number of nitrogens with two attached hydrogens (primary N) is 1. The van der Waals surface area contributed by atoms with Gasteiger partial charge in [0.05, 0.1) is 13.2 Å². The molecule has 17 heavy (non-hydrogen) atoms. The van der Waals surface area contributed by atoms with E-state index in [1.807, 2.05) is 6.07 Å². The fourth-order valence-corrected chi connectivity index (χ4v) is 2.54. The number of ether oxygens (including phenoxy) is 2. The molecule has 5 nitrogen and oxygen atoms in total. The summed E-state index contributed by atoms with van der Waals surface area (Å²) in [4.78, 5) is 4.45. The van der Waals surface area contributed by atoms with Gasteiger partial charge in [-0.1, -0.05) is 6.07 Å². The third kappa shape index (κ3) is 1.62. The molecule has 0 atom stereocenters. The van der Waals surface area contributed by atoms with Gasteiger partial charge >= 0.3 is 0 Å². The summed E-state index contributed by atoms with van der Waals surface area (Å²) in [5, 5.41) is 7.45. The Morgan fingerprint density at radius 1 is 1.35 bits per heavy atom. The van der Waals surface area contributed by atoms with Gasteiger partial charge in [0.2, 0.25) is 5.79 Å². The van der Waals surface area contributed by atoms with Gasteiger partial charge < -0.3 is 15.2 Å². The number of rotatable bonds is 1. The molecule has 1 spiro atoms. The van der Waals surface area contributed by atoms with Gasteiger partial charge in [0.15, 0.2) is 0 Å². The highest BCUT2D eigenvalue weighted by Crippen LogP contribution is 2.40. The van der Waals surface area contributed by atoms with E-state index in [4.69, 9.17) is 20.6 Å². The number of nitrogens with one attached hydrogen (secondary N) is 1. The van der Waals surface area contributed by atoms with E-state index in [9.17, 15) is 0 Å². The molecule has 1 aliphatic carbocycles. The highest BCUT2D eigenvalue weighted by molar-refractivity contribution is 5.93. The average Bonchev–Trinajstić information content (AvgIpc) is 2.78. The van der Waals surface area contributed by atoms with Crippen LogP contribution in [0.4, 0.5) is 0 Å². The minimum atomic E-state index is -0.682. The maximum absolute atomic E-state index is 7.45. The molecule has 1 fully saturated rings. The lowest BCUT2D eigenvalue weighted by molar-refractivity contribution is -0.178. The van der Waals surface area contributed by atoms with E-state index >= 15 is 0 Å². The Morgan fingerprint density at radius 3 is 2.82 bits per heavy atom. The second-order valence-corrected chi connectivity index (χ2v) is 4.42. The van der Waals surface area contributed by atoms with Crippen molar-refractivity contribution in [3.05, 3.63) is 29.1 Å². The predicted molar refractivity (Wildman–Crippen MR) is 61.8 cm³/mol. The molecule has 0 radical (unpaired) electrons. The molecule has 0 saturated carbocycles. The fourth-order valence-electron chi connectivity index (χ4n) is 2.54. The van der Waals surface area contributed by atoms with Crippen LogP contribution in [0.15, 0.2) is 12.1 Å². The van der Waals surface area contributed by atoms with Gasteiger partial charge in [-0.2, -0.15) is 0 Å². The first-order valence-corrected chi connectivity index (χ1v) is 5.84. The first-order chi connectivity index (χ1) is 8.21. The number of hydrogen-bond donors (Lipinski definition) is 2. The number of fused-ring (bicyclic) bond motifs is 2. The van der Waals surface area contributed by atoms with Crippen LogP contribution in [-0.4, -0.2) is 24.0 Å². The van der Waals surface area contributed by atoms with E-state index in [0.717, 1.165) is 30.5 Å². The van der Waals surface area contributed by atoms with Gasteiger partial charge in [-0.25, -0.2) is 4.98 Å². The minimum Gasteiger partial charge on any atom is -0.382 e. The number of aromatic nitrogens is 1. The smallest absolute Gasteiger partial charge is 0.212 e. The standard InChI is InChI=1S/C12H15N3O2/c13-11(14)9-4-3-8-2-1-5-12(10(8)15-9)16-6-7-17-12/h3-4H,1-2,5-7H2,(H3,13,14). The van der Waals surface area contributed by atoms with Gasteiger partial charge in [-0.15, -0.1) is 0 Å². The maximum Gasteiger partial charge on any atom is 0.212 e. The molecular weight excluding hydrogens is 218 g/mol. The van der Waals surface area contributed by atoms with Crippen LogP contribution >= 0.6 is 0 Å². The van der Waals surface area contributed by atoms with Gasteiger partial charge in [-0.3, -0.25) is 5.41 Å². The van der Waals surface area contributed by atoms with Crippen LogP contribution in [0.25, 0.3) is 0 Å². The molecule has 1 aliphatic heterocycles. The van der Waals surface area contributed by atoms with Crippen molar-refractivity contribution in [2.75, 3.05) is 13.2 Å². The van der Waals surface area contributed by atoms with Gasteiger partial charge in [0, 0.05) is 6.42 Å². The van der Waals surface area contributed by atoms with Crippen LogP contribution in [0.2, 0.25) is 0 Å². The van der Waals surface area contributed by atoms with Crippen molar-refractivity contribution in [3.63, 3.8) is 0 Å². The Morgan fingerprint density at radius 2 is 2.12 bits per heavy atom. The number of pyridine rings is 1. The summed E-state index contributed by atoms with van der Waals surface area (Å²) in [7, 11) is 0. The lowest BCUT2D eigenvalue weighted by Crippen LogP contribution is -2.34. The number of nitrogen functional groups attached to an aromatic ring is 1. The van der Waals surface area contributed by atoms with E-state index in [0.29, 0.717) is 18.9 Å². The zero-order valence-corrected chi connectivity index (χ0v) is 9.53. The van der Waals surface area contributed by atoms with Gasteiger partial charge in [0.25, 0.3) is 0 Å². The molecule has 3 rings (SSSR count). The molecular formula is C12H15N3O2. The van der Waals surface area contributed by atoms with Crippen LogP contribution < -0.4 is 5.73 Å². The van der Waals surface area contributed by atoms with Crippen molar-refractivity contribution in [3.8, 4) is 0 Å². The first-order valence-electron chi connectivity index (χ1n) is 5.84. The third-order valence-electron chi connectivity index (χ3n) is 3.32. The maximum atomic E-state index is 7.45. The molecule has 90 valence electrons. The Balaban J connectivity index is 2.11. The summed E-state index contributed by atoms with van der Waals surface area (Å²) >= 11 is 0. The number of amidine groups is 1. The fraction of sp³-hybridized carbons (Fsp3) is 0.500. The molecule has 0 bridgehead atoms. The molecule has 3 N–H and O–H groups in total. The van der Waals surface area contributed by atoms with Crippen LogP contribution in [0.3, 0.4) is 0 Å². The summed E-state index contributed by atoms with van der Waals surface area (Å²) in [5.74, 6) is -0.703. The third-order valence-corrected chi connectivity index (χ3v) is 3.32. The van der Waals surface area contributed by atoms with Gasteiger partial charge in [-0.05, 0) is 24.5 Å². The van der Waals surface area contributed by atoms with E-state index in [2.05, 4.69) is 4.98 Å². The lowest BCUT2D eigenvalue weighted by Gasteiger charge is -2.32. The molecule has 1 saturated heterocycles. The number of nitrogens with zero attached hydrogens (tertiary/aromatic N) is 1. The SMILES string of the molecule is N=C(N)c1ccc2c(n1)C1(CCC2)OCCO1. The molecule has 2 aliphatic rings. The molecule has 1 aromatic heterocycles. The molecule has 2 heterocycles. The normalized spacial score (nSPS) is 21.4. The lowest BCUT2D eigenvalue weighted by atomic mass is 9.90. The molecule has 0 aromatic carbocycles. The Bertz CT molecular complexity index is 467. The van der Waals surface area contributed by atoms with Crippen molar-refractivity contribution >= 4 is 5.84 Å². The van der Waals surface area contributed by atoms with Crippen LogP contribution in [0.5, 0.6) is 0 Å². The van der Waals surface area contributed by atoms with E-state index < -0.39 is 5.79 Å². The Labute approximate surface area is 99.4 Å².